The zero-order chi connectivity index (χ0) is 9.52. The third kappa shape index (κ3) is 3.57. The zero-order valence-electron chi connectivity index (χ0n) is 7.41. The van der Waals surface area contributed by atoms with E-state index >= 15 is 0 Å². The highest BCUT2D eigenvalue weighted by Crippen LogP contribution is 1.95. The van der Waals surface area contributed by atoms with Gasteiger partial charge in [0, 0.05) is 6.54 Å². The smallest absolute Gasteiger partial charge is 0.421 e. The summed E-state index contributed by atoms with van der Waals surface area (Å²) in [5.74, 6) is 0. The van der Waals surface area contributed by atoms with Crippen LogP contribution in [-0.2, 0) is 11.3 Å². The van der Waals surface area contributed by atoms with E-state index in [0.717, 1.165) is 5.56 Å². The van der Waals surface area contributed by atoms with Gasteiger partial charge in [0.25, 0.3) is 0 Å². The Kier molecular flexibility index (Phi) is 3.78. The fourth-order valence-electron chi connectivity index (χ4n) is 0.865. The number of amides is 1. The second-order valence-electron chi connectivity index (χ2n) is 2.46. The molecule has 1 rings (SSSR count). The number of hydrogen-bond donors (Lipinski definition) is 2. The molecule has 4 heteroatoms. The van der Waals surface area contributed by atoms with Crippen LogP contribution in [0.15, 0.2) is 30.3 Å². The molecule has 1 aromatic carbocycles. The van der Waals surface area contributed by atoms with Crippen molar-refractivity contribution in [3.63, 3.8) is 0 Å². The molecule has 0 atom stereocenters. The molecule has 0 heterocycles. The van der Waals surface area contributed by atoms with Gasteiger partial charge >= 0.3 is 6.09 Å². The summed E-state index contributed by atoms with van der Waals surface area (Å²) >= 11 is 0. The van der Waals surface area contributed by atoms with Crippen molar-refractivity contribution < 1.29 is 9.53 Å². The van der Waals surface area contributed by atoms with Crippen molar-refractivity contribution in [2.75, 3.05) is 7.11 Å². The Hall–Kier alpha value is -1.55. The van der Waals surface area contributed by atoms with E-state index in [2.05, 4.69) is 15.6 Å². The third-order valence-electron chi connectivity index (χ3n) is 1.51. The van der Waals surface area contributed by atoms with E-state index in [1.165, 1.54) is 7.11 Å². The molecule has 0 unspecified atom stereocenters. The van der Waals surface area contributed by atoms with Crippen molar-refractivity contribution in [1.82, 2.24) is 10.9 Å². The molecular formula is C9H12N2O2. The molecule has 0 radical (unpaired) electrons. The Morgan fingerprint density at radius 2 is 2.08 bits per heavy atom. The first-order valence-electron chi connectivity index (χ1n) is 3.93. The molecule has 0 aliphatic carbocycles. The molecule has 4 nitrogen and oxygen atoms in total. The van der Waals surface area contributed by atoms with Gasteiger partial charge in [-0.1, -0.05) is 30.3 Å². The summed E-state index contributed by atoms with van der Waals surface area (Å²) in [4.78, 5) is 10.6. The quantitative estimate of drug-likeness (QED) is 0.683. The molecule has 0 aromatic heterocycles. The van der Waals surface area contributed by atoms with Crippen molar-refractivity contribution in [3.05, 3.63) is 35.9 Å². The first-order valence-corrected chi connectivity index (χ1v) is 3.93. The van der Waals surface area contributed by atoms with Gasteiger partial charge in [-0.2, -0.15) is 0 Å². The fraction of sp³-hybridized carbons (Fsp3) is 0.222. The lowest BCUT2D eigenvalue weighted by molar-refractivity contribution is 0.165. The lowest BCUT2D eigenvalue weighted by Crippen LogP contribution is -2.36. The molecule has 0 aliphatic heterocycles. The lowest BCUT2D eigenvalue weighted by Gasteiger charge is -2.05. The average molecular weight is 180 g/mol. The minimum absolute atomic E-state index is 0.490. The van der Waals surface area contributed by atoms with Crippen molar-refractivity contribution in [1.29, 1.82) is 0 Å². The summed E-state index contributed by atoms with van der Waals surface area (Å²) < 4.78 is 4.38. The van der Waals surface area contributed by atoms with Crippen LogP contribution in [0.1, 0.15) is 5.56 Å². The number of hydrogen-bond acceptors (Lipinski definition) is 3. The highest BCUT2D eigenvalue weighted by molar-refractivity contribution is 5.66. The lowest BCUT2D eigenvalue weighted by atomic mass is 10.2. The maximum Gasteiger partial charge on any atom is 0.421 e. The second-order valence-corrected chi connectivity index (χ2v) is 2.46. The number of rotatable bonds is 3. The third-order valence-corrected chi connectivity index (χ3v) is 1.51. The maximum absolute atomic E-state index is 10.6. The van der Waals surface area contributed by atoms with Crippen LogP contribution in [0, 0.1) is 0 Å². The van der Waals surface area contributed by atoms with Crippen molar-refractivity contribution in [2.24, 2.45) is 0 Å². The minimum Gasteiger partial charge on any atom is -0.452 e. The number of carbonyl (C=O) groups is 1. The average Bonchev–Trinajstić information content (AvgIpc) is 2.19. The molecule has 0 saturated carbocycles. The number of carbonyl (C=O) groups excluding carboxylic acids is 1. The van der Waals surface area contributed by atoms with Crippen molar-refractivity contribution >= 4 is 6.09 Å². The Morgan fingerprint density at radius 1 is 1.38 bits per heavy atom. The van der Waals surface area contributed by atoms with E-state index in [0.29, 0.717) is 6.54 Å². The molecule has 0 spiro atoms. The molecule has 0 saturated heterocycles. The summed E-state index contributed by atoms with van der Waals surface area (Å²) in [6, 6.07) is 9.75. The zero-order valence-corrected chi connectivity index (χ0v) is 7.41. The topological polar surface area (TPSA) is 50.4 Å². The predicted octanol–water partition coefficient (Wildman–Crippen LogP) is 1.05. The van der Waals surface area contributed by atoms with E-state index in [-0.39, 0.29) is 0 Å². The van der Waals surface area contributed by atoms with Crippen molar-refractivity contribution in [3.8, 4) is 0 Å². The Balaban J connectivity index is 2.24. The van der Waals surface area contributed by atoms with Gasteiger partial charge in [0.05, 0.1) is 7.11 Å². The molecule has 0 aliphatic rings. The fourth-order valence-corrected chi connectivity index (χ4v) is 0.865. The maximum atomic E-state index is 10.6. The number of nitrogens with one attached hydrogen (secondary N) is 2. The van der Waals surface area contributed by atoms with Crippen LogP contribution in [0.3, 0.4) is 0 Å². The van der Waals surface area contributed by atoms with Gasteiger partial charge in [-0.15, -0.1) is 0 Å². The highest BCUT2D eigenvalue weighted by atomic mass is 16.5. The molecule has 2 N–H and O–H groups in total. The second kappa shape index (κ2) is 5.16. The monoisotopic (exact) mass is 180 g/mol. The summed E-state index contributed by atoms with van der Waals surface area (Å²) in [5, 5.41) is 0. The van der Waals surface area contributed by atoms with Crippen molar-refractivity contribution in [2.45, 2.75) is 6.54 Å². The normalized spacial score (nSPS) is 9.31. The number of ether oxygens (including phenoxy) is 1. The predicted molar refractivity (Wildman–Crippen MR) is 48.8 cm³/mol. The summed E-state index contributed by atoms with van der Waals surface area (Å²) in [7, 11) is 1.32. The molecular weight excluding hydrogens is 168 g/mol. The van der Waals surface area contributed by atoms with Crippen LogP contribution in [0.5, 0.6) is 0 Å². The van der Waals surface area contributed by atoms with Gasteiger partial charge in [-0.3, -0.25) is 5.43 Å². The van der Waals surface area contributed by atoms with Crippen LogP contribution in [0.25, 0.3) is 0 Å². The van der Waals surface area contributed by atoms with E-state index in [4.69, 9.17) is 0 Å². The Morgan fingerprint density at radius 3 is 2.69 bits per heavy atom. The van der Waals surface area contributed by atoms with E-state index in [1.54, 1.807) is 0 Å². The van der Waals surface area contributed by atoms with Gasteiger partial charge in [0.15, 0.2) is 0 Å². The summed E-state index contributed by atoms with van der Waals surface area (Å²) in [6.07, 6.45) is -0.490. The highest BCUT2D eigenvalue weighted by Gasteiger charge is 1.95. The van der Waals surface area contributed by atoms with Gasteiger partial charge in [-0.25, -0.2) is 10.2 Å². The van der Waals surface area contributed by atoms with Crippen LogP contribution < -0.4 is 10.9 Å². The largest absolute Gasteiger partial charge is 0.452 e. The van der Waals surface area contributed by atoms with Gasteiger partial charge in [-0.05, 0) is 5.56 Å². The first-order chi connectivity index (χ1) is 6.33. The SMILES string of the molecule is COC(=O)NNCc1ccccc1. The Labute approximate surface area is 76.9 Å². The summed E-state index contributed by atoms with van der Waals surface area (Å²) in [6.45, 7) is 0.579. The van der Waals surface area contributed by atoms with Gasteiger partial charge in [0.1, 0.15) is 0 Å². The van der Waals surface area contributed by atoms with E-state index < -0.39 is 6.09 Å². The standard InChI is InChI=1S/C9H12N2O2/c1-13-9(12)11-10-7-8-5-3-2-4-6-8/h2-6,10H,7H2,1H3,(H,11,12). The number of benzene rings is 1. The summed E-state index contributed by atoms with van der Waals surface area (Å²) in [5.41, 5.74) is 6.19. The van der Waals surface area contributed by atoms with Crippen LogP contribution >= 0.6 is 0 Å². The van der Waals surface area contributed by atoms with Crippen LogP contribution in [0.2, 0.25) is 0 Å². The van der Waals surface area contributed by atoms with E-state index in [1.807, 2.05) is 30.3 Å². The molecule has 13 heavy (non-hydrogen) atoms. The first kappa shape index (κ1) is 9.54. The molecule has 70 valence electrons. The number of methoxy groups -OCH3 is 1. The van der Waals surface area contributed by atoms with Gasteiger partial charge < -0.3 is 4.74 Å². The number of hydrazine groups is 1. The van der Waals surface area contributed by atoms with E-state index in [9.17, 15) is 4.79 Å². The Bertz CT molecular complexity index is 262. The van der Waals surface area contributed by atoms with Crippen LogP contribution in [0.4, 0.5) is 4.79 Å². The molecule has 1 amide bonds. The van der Waals surface area contributed by atoms with Gasteiger partial charge in [0.2, 0.25) is 0 Å². The molecule has 1 aromatic rings. The minimum atomic E-state index is -0.490. The van der Waals surface area contributed by atoms with Crippen LogP contribution in [-0.4, -0.2) is 13.2 Å². The molecule has 0 fully saturated rings. The molecule has 0 bridgehead atoms.